The Morgan fingerprint density at radius 1 is 1.10 bits per heavy atom. The zero-order valence-corrected chi connectivity index (χ0v) is 17.5. The number of hydrogen-bond acceptors (Lipinski definition) is 3. The molecule has 1 aliphatic heterocycles. The second-order valence-electron chi connectivity index (χ2n) is 8.29. The van der Waals surface area contributed by atoms with Crippen molar-refractivity contribution in [3.05, 3.63) is 71.7 Å². The highest BCUT2D eigenvalue weighted by molar-refractivity contribution is 5.94. The summed E-state index contributed by atoms with van der Waals surface area (Å²) in [5.74, 6) is 0.662. The highest BCUT2D eigenvalue weighted by Crippen LogP contribution is 2.28. The van der Waals surface area contributed by atoms with Crippen molar-refractivity contribution >= 4 is 17.5 Å². The lowest BCUT2D eigenvalue weighted by molar-refractivity contribution is -0.135. The van der Waals surface area contributed by atoms with Crippen LogP contribution in [0.15, 0.2) is 55.0 Å². The van der Waals surface area contributed by atoms with Crippen LogP contribution in [-0.4, -0.2) is 39.2 Å². The van der Waals surface area contributed by atoms with E-state index in [0.29, 0.717) is 18.0 Å². The van der Waals surface area contributed by atoms with Gasteiger partial charge in [-0.05, 0) is 54.2 Å². The van der Waals surface area contributed by atoms with Crippen molar-refractivity contribution in [2.75, 3.05) is 13.1 Å². The number of imidazole rings is 1. The van der Waals surface area contributed by atoms with E-state index in [1.54, 1.807) is 6.20 Å². The maximum atomic E-state index is 12.5. The van der Waals surface area contributed by atoms with E-state index >= 15 is 0 Å². The Balaban J connectivity index is 1.31. The van der Waals surface area contributed by atoms with E-state index in [4.69, 9.17) is 0 Å². The van der Waals surface area contributed by atoms with Crippen molar-refractivity contribution in [3.63, 3.8) is 0 Å². The highest BCUT2D eigenvalue weighted by atomic mass is 16.2. The second kappa shape index (κ2) is 8.69. The minimum atomic E-state index is -0.0814. The molecule has 2 aromatic heterocycles. The first-order valence-electron chi connectivity index (χ1n) is 10.6. The lowest BCUT2D eigenvalue weighted by Crippen LogP contribution is -2.40. The molecule has 3 heterocycles. The van der Waals surface area contributed by atoms with Crippen LogP contribution >= 0.6 is 0 Å². The lowest BCUT2D eigenvalue weighted by Gasteiger charge is -2.33. The maximum Gasteiger partial charge on any atom is 0.251 e. The van der Waals surface area contributed by atoms with Gasteiger partial charge < -0.3 is 14.6 Å². The zero-order valence-electron chi connectivity index (χ0n) is 17.5. The molecule has 0 atom stereocenters. The van der Waals surface area contributed by atoms with E-state index in [1.807, 2.05) is 59.8 Å². The van der Waals surface area contributed by atoms with Crippen LogP contribution in [-0.2, 0) is 11.3 Å². The number of carbonyl (C=O) groups excluding carboxylic acids is 2. The molecule has 1 saturated heterocycles. The molecular formula is C24H28N4O2. The van der Waals surface area contributed by atoms with Gasteiger partial charge in [0.15, 0.2) is 0 Å². The van der Waals surface area contributed by atoms with Gasteiger partial charge in [-0.15, -0.1) is 0 Å². The smallest absolute Gasteiger partial charge is 0.251 e. The molecule has 156 valence electrons. The Kier molecular flexibility index (Phi) is 5.84. The van der Waals surface area contributed by atoms with Gasteiger partial charge in [0, 0.05) is 49.7 Å². The third-order valence-electron chi connectivity index (χ3n) is 5.86. The van der Waals surface area contributed by atoms with Gasteiger partial charge in [0.2, 0.25) is 5.91 Å². The standard InChI is InChI=1S/C24H28N4O2/c1-17(2)24(30)28-12-8-20(9-13-28)19-3-5-21(6-4-19)23(29)26-16-18-7-11-27-14-10-25-22(27)15-18/h3-7,10-11,14-15,17,20H,8-9,12-13,16H2,1-2H3,(H,26,29). The number of fused-ring (bicyclic) bond motifs is 1. The highest BCUT2D eigenvalue weighted by Gasteiger charge is 2.25. The van der Waals surface area contributed by atoms with Crippen molar-refractivity contribution in [1.82, 2.24) is 19.6 Å². The van der Waals surface area contributed by atoms with Crippen LogP contribution in [0.1, 0.15) is 54.1 Å². The molecule has 0 spiro atoms. The van der Waals surface area contributed by atoms with Crippen LogP contribution in [0.2, 0.25) is 0 Å². The van der Waals surface area contributed by atoms with Gasteiger partial charge in [-0.25, -0.2) is 4.98 Å². The summed E-state index contributed by atoms with van der Waals surface area (Å²) in [5.41, 5.74) is 3.79. The number of hydrogen-bond donors (Lipinski definition) is 1. The number of nitrogens with one attached hydrogen (secondary N) is 1. The Morgan fingerprint density at radius 3 is 2.53 bits per heavy atom. The van der Waals surface area contributed by atoms with Crippen LogP contribution in [0.5, 0.6) is 0 Å². The van der Waals surface area contributed by atoms with Gasteiger partial charge in [-0.2, -0.15) is 0 Å². The van der Waals surface area contributed by atoms with Crippen molar-refractivity contribution in [2.45, 2.75) is 39.2 Å². The summed E-state index contributed by atoms with van der Waals surface area (Å²) in [6.07, 6.45) is 7.54. The van der Waals surface area contributed by atoms with E-state index in [2.05, 4.69) is 22.4 Å². The van der Waals surface area contributed by atoms with Crippen LogP contribution in [0.3, 0.4) is 0 Å². The molecule has 0 unspecified atom stereocenters. The SMILES string of the molecule is CC(C)C(=O)N1CCC(c2ccc(C(=O)NCc3ccn4ccnc4c3)cc2)CC1. The van der Waals surface area contributed by atoms with Gasteiger partial charge in [0.25, 0.3) is 5.91 Å². The lowest BCUT2D eigenvalue weighted by atomic mass is 9.88. The number of aromatic nitrogens is 2. The largest absolute Gasteiger partial charge is 0.348 e. The zero-order chi connectivity index (χ0) is 21.1. The number of carbonyl (C=O) groups is 2. The maximum absolute atomic E-state index is 12.5. The van der Waals surface area contributed by atoms with E-state index in [9.17, 15) is 9.59 Å². The van der Waals surface area contributed by atoms with Crippen LogP contribution in [0.25, 0.3) is 5.65 Å². The summed E-state index contributed by atoms with van der Waals surface area (Å²) >= 11 is 0. The number of likely N-dealkylation sites (tertiary alicyclic amines) is 1. The molecule has 1 fully saturated rings. The average molecular weight is 405 g/mol. The Labute approximate surface area is 176 Å². The second-order valence-corrected chi connectivity index (χ2v) is 8.29. The molecule has 30 heavy (non-hydrogen) atoms. The van der Waals surface area contributed by atoms with Crippen LogP contribution in [0, 0.1) is 5.92 Å². The fraction of sp³-hybridized carbons (Fsp3) is 0.375. The number of piperidine rings is 1. The number of nitrogens with zero attached hydrogens (tertiary/aromatic N) is 3. The fourth-order valence-corrected chi connectivity index (χ4v) is 4.05. The Bertz CT molecular complexity index is 1030. The summed E-state index contributed by atoms with van der Waals surface area (Å²) in [6, 6.07) is 11.8. The number of pyridine rings is 1. The molecule has 0 radical (unpaired) electrons. The first-order valence-corrected chi connectivity index (χ1v) is 10.6. The van der Waals surface area contributed by atoms with E-state index in [1.165, 1.54) is 5.56 Å². The van der Waals surface area contributed by atoms with Gasteiger partial charge in [-0.3, -0.25) is 9.59 Å². The number of benzene rings is 1. The predicted octanol–water partition coefficient (Wildman–Crippen LogP) is 3.63. The molecule has 2 amide bonds. The van der Waals surface area contributed by atoms with E-state index in [0.717, 1.165) is 37.1 Å². The normalized spacial score (nSPS) is 15.0. The van der Waals surface area contributed by atoms with Gasteiger partial charge in [-0.1, -0.05) is 26.0 Å². The van der Waals surface area contributed by atoms with Crippen molar-refractivity contribution in [1.29, 1.82) is 0 Å². The van der Waals surface area contributed by atoms with Crippen LogP contribution < -0.4 is 5.32 Å². The number of amides is 2. The molecule has 4 rings (SSSR count). The quantitative estimate of drug-likeness (QED) is 0.706. The Morgan fingerprint density at radius 2 is 1.83 bits per heavy atom. The van der Waals surface area contributed by atoms with Crippen molar-refractivity contribution in [2.24, 2.45) is 5.92 Å². The van der Waals surface area contributed by atoms with Gasteiger partial charge in [0.05, 0.1) is 0 Å². The Hall–Kier alpha value is -3.15. The van der Waals surface area contributed by atoms with Crippen molar-refractivity contribution in [3.8, 4) is 0 Å². The monoisotopic (exact) mass is 404 g/mol. The van der Waals surface area contributed by atoms with Crippen LogP contribution in [0.4, 0.5) is 0 Å². The molecule has 3 aromatic rings. The third kappa shape index (κ3) is 4.37. The molecule has 1 aromatic carbocycles. The predicted molar refractivity (Wildman–Crippen MR) is 116 cm³/mol. The molecule has 6 heteroatoms. The molecule has 6 nitrogen and oxygen atoms in total. The minimum Gasteiger partial charge on any atom is -0.348 e. The van der Waals surface area contributed by atoms with Crippen molar-refractivity contribution < 1.29 is 9.59 Å². The summed E-state index contributed by atoms with van der Waals surface area (Å²) < 4.78 is 1.94. The minimum absolute atomic E-state index is 0.0564. The molecule has 0 saturated carbocycles. The van der Waals surface area contributed by atoms with E-state index in [-0.39, 0.29) is 17.7 Å². The number of rotatable bonds is 5. The third-order valence-corrected chi connectivity index (χ3v) is 5.86. The topological polar surface area (TPSA) is 66.7 Å². The fourth-order valence-electron chi connectivity index (χ4n) is 4.05. The first kappa shape index (κ1) is 20.1. The first-order chi connectivity index (χ1) is 14.5. The molecule has 0 aliphatic carbocycles. The summed E-state index contributed by atoms with van der Waals surface area (Å²) in [7, 11) is 0. The van der Waals surface area contributed by atoms with E-state index < -0.39 is 0 Å². The molecule has 1 N–H and O–H groups in total. The summed E-state index contributed by atoms with van der Waals surface area (Å²) in [5, 5.41) is 2.98. The average Bonchev–Trinajstić information content (AvgIpc) is 3.25. The summed E-state index contributed by atoms with van der Waals surface area (Å²) in [6.45, 7) is 5.99. The molecular weight excluding hydrogens is 376 g/mol. The van der Waals surface area contributed by atoms with Gasteiger partial charge in [0.1, 0.15) is 5.65 Å². The molecule has 1 aliphatic rings. The summed E-state index contributed by atoms with van der Waals surface area (Å²) in [4.78, 5) is 30.9. The van der Waals surface area contributed by atoms with Gasteiger partial charge >= 0.3 is 0 Å². The molecule has 0 bridgehead atoms.